The predicted molar refractivity (Wildman–Crippen MR) is 94.7 cm³/mol. The highest BCUT2D eigenvalue weighted by Crippen LogP contribution is 2.35. The van der Waals surface area contributed by atoms with Crippen molar-refractivity contribution in [1.29, 1.82) is 0 Å². The van der Waals surface area contributed by atoms with Gasteiger partial charge in [-0.05, 0) is 31.3 Å². The van der Waals surface area contributed by atoms with Crippen molar-refractivity contribution < 1.29 is 17.9 Å². The van der Waals surface area contributed by atoms with Crippen LogP contribution in [0.2, 0.25) is 0 Å². The van der Waals surface area contributed by atoms with Gasteiger partial charge in [0.2, 0.25) is 15.7 Å². The normalized spacial score (nSPS) is 13.9. The number of benzene rings is 2. The van der Waals surface area contributed by atoms with E-state index in [1.165, 1.54) is 12.1 Å². The summed E-state index contributed by atoms with van der Waals surface area (Å²) in [5.74, 6) is 0.402. The molecule has 0 aromatic heterocycles. The SMILES string of the molecule is CNCCC(=O)N1CCOc2cc(S(=O)(=O)c3ccccc3)ccc21. The number of nitrogens with zero attached hydrogens (tertiary/aromatic N) is 1. The number of carbonyl (C=O) groups excluding carboxylic acids is 1. The van der Waals surface area contributed by atoms with Crippen LogP contribution in [0.25, 0.3) is 0 Å². The molecule has 0 radical (unpaired) electrons. The van der Waals surface area contributed by atoms with Gasteiger partial charge in [0, 0.05) is 19.0 Å². The Morgan fingerprint density at radius 2 is 1.92 bits per heavy atom. The average molecular weight is 360 g/mol. The van der Waals surface area contributed by atoms with E-state index in [9.17, 15) is 13.2 Å². The molecule has 0 atom stereocenters. The summed E-state index contributed by atoms with van der Waals surface area (Å²) in [5, 5.41) is 2.95. The first-order valence-corrected chi connectivity index (χ1v) is 9.54. The molecule has 3 rings (SSSR count). The Balaban J connectivity index is 1.94. The smallest absolute Gasteiger partial charge is 0.228 e. The van der Waals surface area contributed by atoms with Crippen molar-refractivity contribution in [2.24, 2.45) is 0 Å². The van der Waals surface area contributed by atoms with Crippen molar-refractivity contribution >= 4 is 21.4 Å². The van der Waals surface area contributed by atoms with Gasteiger partial charge in [0.25, 0.3) is 0 Å². The van der Waals surface area contributed by atoms with Gasteiger partial charge in [0.05, 0.1) is 22.0 Å². The number of fused-ring (bicyclic) bond motifs is 1. The van der Waals surface area contributed by atoms with Crippen LogP contribution in [0.5, 0.6) is 5.75 Å². The number of sulfone groups is 1. The summed E-state index contributed by atoms with van der Waals surface area (Å²) in [4.78, 5) is 14.4. The number of amides is 1. The van der Waals surface area contributed by atoms with E-state index in [-0.39, 0.29) is 15.7 Å². The van der Waals surface area contributed by atoms with E-state index in [0.29, 0.717) is 37.6 Å². The molecule has 25 heavy (non-hydrogen) atoms. The van der Waals surface area contributed by atoms with Crippen LogP contribution in [-0.2, 0) is 14.6 Å². The van der Waals surface area contributed by atoms with E-state index < -0.39 is 9.84 Å². The topological polar surface area (TPSA) is 75.7 Å². The lowest BCUT2D eigenvalue weighted by Gasteiger charge is -2.30. The van der Waals surface area contributed by atoms with E-state index in [0.717, 1.165) is 0 Å². The lowest BCUT2D eigenvalue weighted by molar-refractivity contribution is -0.118. The first-order valence-electron chi connectivity index (χ1n) is 8.06. The molecule has 0 spiro atoms. The second-order valence-electron chi connectivity index (χ2n) is 5.69. The minimum Gasteiger partial charge on any atom is -0.489 e. The molecule has 2 aromatic carbocycles. The molecule has 0 aliphatic carbocycles. The molecule has 1 amide bonds. The summed E-state index contributed by atoms with van der Waals surface area (Å²) in [5.41, 5.74) is 0.611. The van der Waals surface area contributed by atoms with Crippen LogP contribution in [-0.4, -0.2) is 41.1 Å². The van der Waals surface area contributed by atoms with Crippen molar-refractivity contribution in [3.05, 3.63) is 48.5 Å². The fourth-order valence-electron chi connectivity index (χ4n) is 2.73. The maximum Gasteiger partial charge on any atom is 0.228 e. The van der Waals surface area contributed by atoms with Gasteiger partial charge in [-0.15, -0.1) is 0 Å². The standard InChI is InChI=1S/C18H20N2O4S/c1-19-10-9-18(21)20-11-12-24-17-13-15(7-8-16(17)20)25(22,23)14-5-3-2-4-6-14/h2-8,13,19H,9-12H2,1H3. The highest BCUT2D eigenvalue weighted by Gasteiger charge is 2.26. The minimum absolute atomic E-state index is 0.0161. The van der Waals surface area contributed by atoms with Gasteiger partial charge in [0.1, 0.15) is 12.4 Å². The first kappa shape index (κ1) is 17.4. The molecule has 1 N–H and O–H groups in total. The molecule has 0 saturated carbocycles. The molecule has 1 heterocycles. The molecule has 1 aliphatic rings. The maximum atomic E-state index is 12.7. The van der Waals surface area contributed by atoms with Crippen LogP contribution >= 0.6 is 0 Å². The van der Waals surface area contributed by atoms with E-state index in [4.69, 9.17) is 4.74 Å². The second-order valence-corrected chi connectivity index (χ2v) is 7.64. The van der Waals surface area contributed by atoms with E-state index in [2.05, 4.69) is 5.32 Å². The summed E-state index contributed by atoms with van der Waals surface area (Å²) in [7, 11) is -1.82. The number of nitrogens with one attached hydrogen (secondary N) is 1. The van der Waals surface area contributed by atoms with Crippen LogP contribution in [0.4, 0.5) is 5.69 Å². The average Bonchev–Trinajstić information content (AvgIpc) is 2.65. The van der Waals surface area contributed by atoms with Crippen molar-refractivity contribution in [3.63, 3.8) is 0 Å². The fraction of sp³-hybridized carbons (Fsp3) is 0.278. The molecule has 7 heteroatoms. The summed E-state index contributed by atoms with van der Waals surface area (Å²) in [6.45, 7) is 1.39. The number of hydrogen-bond donors (Lipinski definition) is 1. The molecule has 132 valence electrons. The highest BCUT2D eigenvalue weighted by molar-refractivity contribution is 7.91. The maximum absolute atomic E-state index is 12.7. The zero-order valence-corrected chi connectivity index (χ0v) is 14.8. The molecule has 6 nitrogen and oxygen atoms in total. The van der Waals surface area contributed by atoms with Gasteiger partial charge in [0.15, 0.2) is 0 Å². The third kappa shape index (κ3) is 3.52. The van der Waals surface area contributed by atoms with E-state index in [1.807, 2.05) is 0 Å². The molecule has 0 fully saturated rings. The Morgan fingerprint density at radius 3 is 2.64 bits per heavy atom. The molecule has 0 bridgehead atoms. The number of rotatable bonds is 5. The Labute approximate surface area is 147 Å². The Hall–Kier alpha value is -2.38. The number of anilines is 1. The monoisotopic (exact) mass is 360 g/mol. The number of ether oxygens (including phenoxy) is 1. The lowest BCUT2D eigenvalue weighted by atomic mass is 10.2. The van der Waals surface area contributed by atoms with Gasteiger partial charge < -0.3 is 15.0 Å². The van der Waals surface area contributed by atoms with Gasteiger partial charge in [-0.25, -0.2) is 8.42 Å². The van der Waals surface area contributed by atoms with Gasteiger partial charge in [-0.2, -0.15) is 0 Å². The number of carbonyl (C=O) groups is 1. The molecular weight excluding hydrogens is 340 g/mol. The third-order valence-corrected chi connectivity index (χ3v) is 5.82. The highest BCUT2D eigenvalue weighted by atomic mass is 32.2. The molecule has 0 unspecified atom stereocenters. The van der Waals surface area contributed by atoms with Crippen molar-refractivity contribution in [2.75, 3.05) is 31.6 Å². The second kappa shape index (κ2) is 7.25. The lowest BCUT2D eigenvalue weighted by Crippen LogP contribution is -2.39. The zero-order chi connectivity index (χ0) is 17.9. The molecule has 0 saturated heterocycles. The van der Waals surface area contributed by atoms with Crippen molar-refractivity contribution in [3.8, 4) is 5.75 Å². The van der Waals surface area contributed by atoms with E-state index >= 15 is 0 Å². The molecule has 1 aliphatic heterocycles. The van der Waals surface area contributed by atoms with Crippen LogP contribution < -0.4 is 15.0 Å². The van der Waals surface area contributed by atoms with Crippen molar-refractivity contribution in [1.82, 2.24) is 5.32 Å². The quantitative estimate of drug-likeness (QED) is 0.881. The largest absolute Gasteiger partial charge is 0.489 e. The summed E-state index contributed by atoms with van der Waals surface area (Å²) in [6.07, 6.45) is 0.375. The fourth-order valence-corrected chi connectivity index (χ4v) is 4.03. The number of hydrogen-bond acceptors (Lipinski definition) is 5. The van der Waals surface area contributed by atoms with Crippen LogP contribution in [0.3, 0.4) is 0 Å². The molecule has 2 aromatic rings. The third-order valence-electron chi connectivity index (χ3n) is 4.05. The van der Waals surface area contributed by atoms with Gasteiger partial charge in [-0.1, -0.05) is 18.2 Å². The summed E-state index contributed by atoms with van der Waals surface area (Å²) in [6, 6.07) is 12.9. The van der Waals surface area contributed by atoms with Gasteiger partial charge in [-0.3, -0.25) is 4.79 Å². The van der Waals surface area contributed by atoms with Crippen LogP contribution in [0.15, 0.2) is 58.3 Å². The predicted octanol–water partition coefficient (Wildman–Crippen LogP) is 1.85. The summed E-state index contributed by atoms with van der Waals surface area (Å²) >= 11 is 0. The summed E-state index contributed by atoms with van der Waals surface area (Å²) < 4.78 is 31.1. The Bertz CT molecular complexity index is 866. The first-order chi connectivity index (χ1) is 12.0. The van der Waals surface area contributed by atoms with Crippen molar-refractivity contribution in [2.45, 2.75) is 16.2 Å². The molecular formula is C18H20N2O4S. The van der Waals surface area contributed by atoms with E-state index in [1.54, 1.807) is 48.3 Å². The Kier molecular flexibility index (Phi) is 5.06. The van der Waals surface area contributed by atoms with Crippen LogP contribution in [0.1, 0.15) is 6.42 Å². The van der Waals surface area contributed by atoms with Crippen LogP contribution in [0, 0.1) is 0 Å². The Morgan fingerprint density at radius 1 is 1.16 bits per heavy atom. The minimum atomic E-state index is -3.62. The van der Waals surface area contributed by atoms with Gasteiger partial charge >= 0.3 is 0 Å². The zero-order valence-electron chi connectivity index (χ0n) is 13.9.